The molecule has 2 fully saturated rings. The first-order valence-corrected chi connectivity index (χ1v) is 13.8. The van der Waals surface area contributed by atoms with Crippen molar-refractivity contribution in [2.75, 3.05) is 29.9 Å². The predicted molar refractivity (Wildman–Crippen MR) is 130 cm³/mol. The van der Waals surface area contributed by atoms with Crippen LogP contribution in [0.15, 0.2) is 59.6 Å². The molecule has 6 nitrogen and oxygen atoms in total. The van der Waals surface area contributed by atoms with Crippen molar-refractivity contribution < 1.29 is 13.2 Å². The van der Waals surface area contributed by atoms with E-state index in [-0.39, 0.29) is 28.7 Å². The Hall–Kier alpha value is -2.32. The van der Waals surface area contributed by atoms with E-state index >= 15 is 0 Å². The molecular formula is C24H27N3O3S2. The monoisotopic (exact) mass is 469 g/mol. The van der Waals surface area contributed by atoms with E-state index in [0.717, 1.165) is 43.2 Å². The standard InChI is InChI=1S/C24H27N3O3S2/c28-23(27-12-10-18(11-13-27)14-17-4-2-1-3-5-17)19-6-8-20(9-7-19)25-24-26-21-15-32(29,30)16-22(21)31-24/h1-9,18,21-22H,10-16H2,(H,25,26). The van der Waals surface area contributed by atoms with Crippen LogP contribution in [-0.2, 0) is 16.3 Å². The zero-order chi connectivity index (χ0) is 22.1. The number of piperidine rings is 1. The Morgan fingerprint density at radius 1 is 1.03 bits per heavy atom. The molecule has 3 aliphatic heterocycles. The summed E-state index contributed by atoms with van der Waals surface area (Å²) in [6, 6.07) is 17.9. The van der Waals surface area contributed by atoms with Crippen molar-refractivity contribution in [2.24, 2.45) is 10.9 Å². The smallest absolute Gasteiger partial charge is 0.253 e. The number of carbonyl (C=O) groups is 1. The third-order valence-corrected chi connectivity index (χ3v) is 9.61. The number of nitrogens with one attached hydrogen (secondary N) is 1. The van der Waals surface area contributed by atoms with E-state index in [0.29, 0.717) is 11.5 Å². The van der Waals surface area contributed by atoms with Crippen molar-refractivity contribution in [3.63, 3.8) is 0 Å². The SMILES string of the molecule is O=C(c1ccc(NC2=NC3CS(=O)(=O)CC3S2)cc1)N1CCC(Cc2ccccc2)CC1. The summed E-state index contributed by atoms with van der Waals surface area (Å²) in [5.41, 5.74) is 2.92. The number of sulfone groups is 1. The molecule has 1 amide bonds. The molecule has 3 heterocycles. The molecule has 2 aromatic carbocycles. The molecular weight excluding hydrogens is 442 g/mol. The number of hydrogen-bond acceptors (Lipinski definition) is 6. The van der Waals surface area contributed by atoms with Crippen molar-refractivity contribution in [1.82, 2.24) is 4.90 Å². The average Bonchev–Trinajstić information content (AvgIpc) is 3.27. The highest BCUT2D eigenvalue weighted by molar-refractivity contribution is 8.15. The molecule has 32 heavy (non-hydrogen) atoms. The summed E-state index contributed by atoms with van der Waals surface area (Å²) in [4.78, 5) is 19.4. The highest BCUT2D eigenvalue weighted by Crippen LogP contribution is 2.34. The second kappa shape index (κ2) is 8.90. The van der Waals surface area contributed by atoms with E-state index in [1.54, 1.807) is 0 Å². The lowest BCUT2D eigenvalue weighted by molar-refractivity contribution is 0.0690. The fraction of sp³-hybridized carbons (Fsp3) is 0.417. The van der Waals surface area contributed by atoms with Crippen LogP contribution in [0.3, 0.4) is 0 Å². The minimum Gasteiger partial charge on any atom is -0.339 e. The van der Waals surface area contributed by atoms with Gasteiger partial charge < -0.3 is 10.2 Å². The van der Waals surface area contributed by atoms with E-state index in [4.69, 9.17) is 0 Å². The van der Waals surface area contributed by atoms with E-state index in [9.17, 15) is 13.2 Å². The number of amides is 1. The first kappa shape index (κ1) is 21.5. The number of nitrogens with zero attached hydrogens (tertiary/aromatic N) is 2. The summed E-state index contributed by atoms with van der Waals surface area (Å²) < 4.78 is 23.4. The van der Waals surface area contributed by atoms with Gasteiger partial charge in [-0.1, -0.05) is 42.1 Å². The highest BCUT2D eigenvalue weighted by atomic mass is 32.2. The van der Waals surface area contributed by atoms with Crippen molar-refractivity contribution in [3.8, 4) is 0 Å². The fourth-order valence-corrected chi connectivity index (χ4v) is 8.38. The lowest BCUT2D eigenvalue weighted by Crippen LogP contribution is -2.38. The molecule has 2 unspecified atom stereocenters. The lowest BCUT2D eigenvalue weighted by Gasteiger charge is -2.32. The van der Waals surface area contributed by atoms with Crippen LogP contribution in [0.4, 0.5) is 5.69 Å². The number of rotatable bonds is 4. The summed E-state index contributed by atoms with van der Waals surface area (Å²) in [6.45, 7) is 1.60. The molecule has 1 N–H and O–H groups in total. The minimum absolute atomic E-state index is 0.0215. The van der Waals surface area contributed by atoms with Gasteiger partial charge in [0.25, 0.3) is 5.91 Å². The molecule has 0 aromatic heterocycles. The Labute approximate surface area is 193 Å². The Morgan fingerprint density at radius 2 is 1.75 bits per heavy atom. The topological polar surface area (TPSA) is 78.8 Å². The van der Waals surface area contributed by atoms with Crippen LogP contribution in [0.2, 0.25) is 0 Å². The zero-order valence-electron chi connectivity index (χ0n) is 17.8. The quantitative estimate of drug-likeness (QED) is 0.742. The molecule has 3 aliphatic rings. The predicted octanol–water partition coefficient (Wildman–Crippen LogP) is 3.46. The molecule has 2 atom stereocenters. The number of aliphatic imine (C=N–C) groups is 1. The highest BCUT2D eigenvalue weighted by Gasteiger charge is 2.42. The Kier molecular flexibility index (Phi) is 5.99. The summed E-state index contributed by atoms with van der Waals surface area (Å²) in [5, 5.41) is 4.04. The van der Waals surface area contributed by atoms with E-state index in [1.165, 1.54) is 17.3 Å². The average molecular weight is 470 g/mol. The van der Waals surface area contributed by atoms with Crippen LogP contribution in [0.1, 0.15) is 28.8 Å². The molecule has 0 radical (unpaired) electrons. The third kappa shape index (κ3) is 4.86. The molecule has 0 saturated carbocycles. The second-order valence-electron chi connectivity index (χ2n) is 8.86. The molecule has 168 valence electrons. The van der Waals surface area contributed by atoms with Gasteiger partial charge in [0.15, 0.2) is 15.0 Å². The first-order chi connectivity index (χ1) is 15.4. The van der Waals surface area contributed by atoms with E-state index in [1.807, 2.05) is 35.2 Å². The van der Waals surface area contributed by atoms with Gasteiger partial charge in [-0.3, -0.25) is 9.79 Å². The first-order valence-electron chi connectivity index (χ1n) is 11.1. The number of fused-ring (bicyclic) bond motifs is 1. The minimum atomic E-state index is -2.95. The fourth-order valence-electron chi connectivity index (χ4n) is 4.71. The number of hydrogen-bond donors (Lipinski definition) is 1. The molecule has 2 saturated heterocycles. The van der Waals surface area contributed by atoms with Crippen LogP contribution in [0, 0.1) is 5.92 Å². The number of carbonyl (C=O) groups excluding carboxylic acids is 1. The summed E-state index contributed by atoms with van der Waals surface area (Å²) in [5.74, 6) is 1.06. The number of thioether (sulfide) groups is 1. The van der Waals surface area contributed by atoms with Crippen molar-refractivity contribution in [2.45, 2.75) is 30.6 Å². The number of likely N-dealkylation sites (tertiary alicyclic amines) is 1. The van der Waals surface area contributed by atoms with Crippen molar-refractivity contribution in [3.05, 3.63) is 65.7 Å². The van der Waals surface area contributed by atoms with Gasteiger partial charge in [-0.25, -0.2) is 8.42 Å². The normalized spacial score (nSPS) is 24.8. The molecule has 2 aromatic rings. The summed E-state index contributed by atoms with van der Waals surface area (Å²) in [7, 11) is -2.95. The molecule has 0 aliphatic carbocycles. The molecule has 0 spiro atoms. The van der Waals surface area contributed by atoms with Gasteiger partial charge in [0.1, 0.15) is 0 Å². The molecule has 8 heteroatoms. The van der Waals surface area contributed by atoms with E-state index in [2.05, 4.69) is 34.6 Å². The summed E-state index contributed by atoms with van der Waals surface area (Å²) in [6.07, 6.45) is 3.16. The van der Waals surface area contributed by atoms with Gasteiger partial charge in [-0.2, -0.15) is 0 Å². The van der Waals surface area contributed by atoms with Gasteiger partial charge in [0.2, 0.25) is 0 Å². The molecule has 0 bridgehead atoms. The number of benzene rings is 2. The van der Waals surface area contributed by atoms with Crippen LogP contribution < -0.4 is 5.32 Å². The van der Waals surface area contributed by atoms with Gasteiger partial charge in [0.05, 0.1) is 17.5 Å². The maximum atomic E-state index is 12.9. The Bertz CT molecular complexity index is 1110. The number of anilines is 1. The van der Waals surface area contributed by atoms with Crippen LogP contribution in [0.25, 0.3) is 0 Å². The van der Waals surface area contributed by atoms with Crippen LogP contribution >= 0.6 is 11.8 Å². The van der Waals surface area contributed by atoms with Crippen LogP contribution in [-0.4, -0.2) is 60.3 Å². The van der Waals surface area contributed by atoms with Gasteiger partial charge in [0, 0.05) is 29.6 Å². The number of amidine groups is 1. The van der Waals surface area contributed by atoms with Gasteiger partial charge in [-0.05, 0) is 55.0 Å². The zero-order valence-corrected chi connectivity index (χ0v) is 19.4. The maximum absolute atomic E-state index is 12.9. The maximum Gasteiger partial charge on any atom is 0.253 e. The molecule has 5 rings (SSSR count). The third-order valence-electron chi connectivity index (χ3n) is 6.47. The van der Waals surface area contributed by atoms with Crippen molar-refractivity contribution >= 4 is 38.4 Å². The van der Waals surface area contributed by atoms with Crippen LogP contribution in [0.5, 0.6) is 0 Å². The second-order valence-corrected chi connectivity index (χ2v) is 12.2. The Balaban J connectivity index is 1.13. The summed E-state index contributed by atoms with van der Waals surface area (Å²) >= 11 is 1.50. The van der Waals surface area contributed by atoms with Gasteiger partial charge >= 0.3 is 0 Å². The Morgan fingerprint density at radius 3 is 2.44 bits per heavy atom. The lowest BCUT2D eigenvalue weighted by atomic mass is 9.90. The van der Waals surface area contributed by atoms with Gasteiger partial charge in [-0.15, -0.1) is 0 Å². The van der Waals surface area contributed by atoms with E-state index < -0.39 is 9.84 Å². The largest absolute Gasteiger partial charge is 0.339 e. The van der Waals surface area contributed by atoms with Crippen molar-refractivity contribution in [1.29, 1.82) is 0 Å².